The first-order chi connectivity index (χ1) is 13.2. The number of aromatic nitrogens is 2. The summed E-state index contributed by atoms with van der Waals surface area (Å²) in [5, 5.41) is 3.61. The number of nitrogens with one attached hydrogen (secondary N) is 1. The molecule has 0 fully saturated rings. The molecule has 0 saturated carbocycles. The van der Waals surface area contributed by atoms with E-state index in [9.17, 15) is 9.59 Å². The van der Waals surface area contributed by atoms with Gasteiger partial charge in [0.05, 0.1) is 11.7 Å². The van der Waals surface area contributed by atoms with Gasteiger partial charge in [-0.15, -0.1) is 23.1 Å². The number of thiophene rings is 1. The smallest absolute Gasteiger partial charge is 0.262 e. The number of carbonyl (C=O) groups is 1. The molecule has 1 aromatic carbocycles. The van der Waals surface area contributed by atoms with E-state index in [0.717, 1.165) is 40.8 Å². The van der Waals surface area contributed by atoms with Gasteiger partial charge in [0, 0.05) is 22.1 Å². The molecule has 1 aliphatic carbocycles. The average Bonchev–Trinajstić information content (AvgIpc) is 3.07. The number of amides is 1. The van der Waals surface area contributed by atoms with Gasteiger partial charge in [-0.25, -0.2) is 4.98 Å². The number of rotatable bonds is 6. The van der Waals surface area contributed by atoms with Crippen LogP contribution in [0.4, 0.5) is 0 Å². The van der Waals surface area contributed by atoms with Gasteiger partial charge < -0.3 is 5.32 Å². The van der Waals surface area contributed by atoms with Crippen molar-refractivity contribution in [3.8, 4) is 0 Å². The van der Waals surface area contributed by atoms with Crippen molar-refractivity contribution in [2.45, 2.75) is 37.1 Å². The summed E-state index contributed by atoms with van der Waals surface area (Å²) in [4.78, 5) is 32.8. The number of hydrogen-bond acceptors (Lipinski definition) is 5. The molecule has 1 aliphatic rings. The monoisotopic (exact) mass is 399 g/mol. The van der Waals surface area contributed by atoms with E-state index in [1.54, 1.807) is 23.1 Å². The molecule has 2 heterocycles. The van der Waals surface area contributed by atoms with Gasteiger partial charge in [0.25, 0.3) is 5.56 Å². The van der Waals surface area contributed by atoms with E-state index in [0.29, 0.717) is 6.54 Å². The minimum atomic E-state index is -0.156. The van der Waals surface area contributed by atoms with Crippen LogP contribution in [0.5, 0.6) is 0 Å². The number of carbonyl (C=O) groups excluding carboxylic acids is 1. The molecule has 1 amide bonds. The van der Waals surface area contributed by atoms with Gasteiger partial charge in [-0.05, 0) is 43.4 Å². The Morgan fingerprint density at radius 3 is 2.89 bits per heavy atom. The molecule has 0 aliphatic heterocycles. The van der Waals surface area contributed by atoms with Crippen LogP contribution in [-0.2, 0) is 24.2 Å². The zero-order valence-electron chi connectivity index (χ0n) is 14.9. The van der Waals surface area contributed by atoms with E-state index in [1.165, 1.54) is 27.1 Å². The van der Waals surface area contributed by atoms with Gasteiger partial charge in [0.2, 0.25) is 5.91 Å². The van der Waals surface area contributed by atoms with Crippen LogP contribution in [0, 0.1) is 0 Å². The quantitative estimate of drug-likeness (QED) is 0.511. The molecule has 0 radical (unpaired) electrons. The summed E-state index contributed by atoms with van der Waals surface area (Å²) < 4.78 is 1.43. The van der Waals surface area contributed by atoms with Crippen LogP contribution in [0.15, 0.2) is 46.3 Å². The third-order valence-corrected chi connectivity index (χ3v) is 6.91. The zero-order valence-corrected chi connectivity index (χ0v) is 16.6. The third-order valence-electron chi connectivity index (χ3n) is 4.69. The van der Waals surface area contributed by atoms with Gasteiger partial charge in [-0.2, -0.15) is 0 Å². The first-order valence-electron chi connectivity index (χ1n) is 9.16. The number of hydrogen-bond donors (Lipinski definition) is 1. The summed E-state index contributed by atoms with van der Waals surface area (Å²) in [6.45, 7) is 0.582. The van der Waals surface area contributed by atoms with Gasteiger partial charge in [0.1, 0.15) is 11.4 Å². The minimum Gasteiger partial charge on any atom is -0.354 e. The van der Waals surface area contributed by atoms with Crippen LogP contribution < -0.4 is 10.9 Å². The van der Waals surface area contributed by atoms with Crippen molar-refractivity contribution in [1.29, 1.82) is 0 Å². The fourth-order valence-corrected chi connectivity index (χ4v) is 5.39. The number of nitrogens with zero attached hydrogens (tertiary/aromatic N) is 2. The van der Waals surface area contributed by atoms with Crippen LogP contribution in [0.2, 0.25) is 0 Å². The van der Waals surface area contributed by atoms with Crippen LogP contribution in [0.1, 0.15) is 23.3 Å². The Balaban J connectivity index is 1.38. The molecule has 5 nitrogen and oxygen atoms in total. The number of benzene rings is 1. The Kier molecular flexibility index (Phi) is 5.59. The second kappa shape index (κ2) is 8.27. The first kappa shape index (κ1) is 18.3. The Labute approximate surface area is 165 Å². The van der Waals surface area contributed by atoms with Crippen molar-refractivity contribution < 1.29 is 4.79 Å². The largest absolute Gasteiger partial charge is 0.354 e. The maximum atomic E-state index is 12.9. The number of thioether (sulfide) groups is 1. The second-order valence-electron chi connectivity index (χ2n) is 6.58. The fraction of sp³-hybridized carbons (Fsp3) is 0.350. The number of aryl methyl sites for hydroxylation is 2. The van der Waals surface area contributed by atoms with E-state index in [4.69, 9.17) is 0 Å². The fourth-order valence-electron chi connectivity index (χ4n) is 3.38. The van der Waals surface area contributed by atoms with E-state index in [1.807, 2.05) is 18.2 Å². The molecule has 7 heteroatoms. The molecule has 0 bridgehead atoms. The van der Waals surface area contributed by atoms with Crippen LogP contribution >= 0.6 is 23.1 Å². The predicted octanol–water partition coefficient (Wildman–Crippen LogP) is 3.25. The van der Waals surface area contributed by atoms with Crippen molar-refractivity contribution in [1.82, 2.24) is 14.9 Å². The van der Waals surface area contributed by atoms with Crippen molar-refractivity contribution in [2.75, 3.05) is 12.3 Å². The molecule has 4 rings (SSSR count). The molecule has 3 aromatic rings. The molecule has 0 atom stereocenters. The molecule has 1 N–H and O–H groups in total. The lowest BCUT2D eigenvalue weighted by atomic mass is 9.97. The van der Waals surface area contributed by atoms with Crippen molar-refractivity contribution in [2.24, 2.45) is 0 Å². The molecule has 2 aromatic heterocycles. The van der Waals surface area contributed by atoms with Crippen LogP contribution in [0.3, 0.4) is 0 Å². The van der Waals surface area contributed by atoms with Crippen LogP contribution in [-0.4, -0.2) is 27.8 Å². The summed E-state index contributed by atoms with van der Waals surface area (Å²) in [6, 6.07) is 10.1. The molecule has 0 saturated heterocycles. The highest BCUT2D eigenvalue weighted by atomic mass is 32.2. The lowest BCUT2D eigenvalue weighted by molar-refractivity contribution is -0.121. The molecule has 0 spiro atoms. The van der Waals surface area contributed by atoms with Gasteiger partial charge in [-0.3, -0.25) is 14.2 Å². The van der Waals surface area contributed by atoms with Crippen molar-refractivity contribution in [3.05, 3.63) is 57.5 Å². The Hall–Kier alpha value is -2.12. The SMILES string of the molecule is O=C(Cn1cnc2sc3c(c2c1=O)CCCC3)NCCSc1ccccc1. The normalized spacial score (nSPS) is 13.5. The standard InChI is InChI=1S/C20H21N3O2S2/c24-17(21-10-11-26-14-6-2-1-3-7-14)12-23-13-22-19-18(20(23)25)15-8-4-5-9-16(15)27-19/h1-3,6-7,13H,4-5,8-12H2,(H,21,24). The lowest BCUT2D eigenvalue weighted by Crippen LogP contribution is -2.33. The van der Waals surface area contributed by atoms with E-state index < -0.39 is 0 Å². The number of fused-ring (bicyclic) bond motifs is 3. The van der Waals surface area contributed by atoms with Gasteiger partial charge in [-0.1, -0.05) is 18.2 Å². The summed E-state index contributed by atoms with van der Waals surface area (Å²) in [5.74, 6) is 0.635. The second-order valence-corrected chi connectivity index (χ2v) is 8.83. The van der Waals surface area contributed by atoms with Crippen molar-refractivity contribution in [3.63, 3.8) is 0 Å². The predicted molar refractivity (Wildman–Crippen MR) is 111 cm³/mol. The zero-order chi connectivity index (χ0) is 18.6. The van der Waals surface area contributed by atoms with Gasteiger partial charge >= 0.3 is 0 Å². The molecular formula is C20H21N3O2S2. The molecule has 27 heavy (non-hydrogen) atoms. The minimum absolute atomic E-state index is 0.0163. The summed E-state index contributed by atoms with van der Waals surface area (Å²) >= 11 is 3.32. The topological polar surface area (TPSA) is 64.0 Å². The van der Waals surface area contributed by atoms with Crippen LogP contribution in [0.25, 0.3) is 10.2 Å². The molecule has 140 valence electrons. The first-order valence-corrected chi connectivity index (χ1v) is 11.0. The maximum absolute atomic E-state index is 12.9. The highest BCUT2D eigenvalue weighted by molar-refractivity contribution is 7.99. The highest BCUT2D eigenvalue weighted by Gasteiger charge is 2.20. The van der Waals surface area contributed by atoms with E-state index in [-0.39, 0.29) is 18.0 Å². The highest BCUT2D eigenvalue weighted by Crippen LogP contribution is 2.33. The van der Waals surface area contributed by atoms with E-state index >= 15 is 0 Å². The summed E-state index contributed by atoms with van der Waals surface area (Å²) in [5.41, 5.74) is 1.07. The summed E-state index contributed by atoms with van der Waals surface area (Å²) in [7, 11) is 0. The van der Waals surface area contributed by atoms with E-state index in [2.05, 4.69) is 22.4 Å². The molecular weight excluding hydrogens is 378 g/mol. The maximum Gasteiger partial charge on any atom is 0.262 e. The third kappa shape index (κ3) is 4.09. The summed E-state index contributed by atoms with van der Waals surface area (Å²) in [6.07, 6.45) is 5.78. The van der Waals surface area contributed by atoms with Gasteiger partial charge in [0.15, 0.2) is 0 Å². The Morgan fingerprint density at radius 1 is 1.22 bits per heavy atom. The average molecular weight is 400 g/mol. The Bertz CT molecular complexity index is 1010. The molecule has 0 unspecified atom stereocenters. The lowest BCUT2D eigenvalue weighted by Gasteiger charge is -2.10. The van der Waals surface area contributed by atoms with Crippen molar-refractivity contribution >= 4 is 39.2 Å². The Morgan fingerprint density at radius 2 is 2.04 bits per heavy atom.